The van der Waals surface area contributed by atoms with Crippen LogP contribution in [0.4, 0.5) is 8.78 Å². The minimum atomic E-state index is -0.901. The van der Waals surface area contributed by atoms with Crippen molar-refractivity contribution < 1.29 is 23.4 Å². The Bertz CT molecular complexity index is 609. The summed E-state index contributed by atoms with van der Waals surface area (Å²) in [4.78, 5) is 10.5. The van der Waals surface area contributed by atoms with E-state index in [4.69, 9.17) is 9.84 Å². The lowest BCUT2D eigenvalue weighted by atomic mass is 10.1. The van der Waals surface area contributed by atoms with Crippen molar-refractivity contribution in [3.8, 4) is 5.75 Å². The molecule has 0 aliphatic rings. The van der Waals surface area contributed by atoms with E-state index >= 15 is 0 Å². The van der Waals surface area contributed by atoms with Crippen LogP contribution in [0.2, 0.25) is 0 Å². The Balaban J connectivity index is 1.98. The van der Waals surface area contributed by atoms with Gasteiger partial charge >= 0.3 is 5.97 Å². The van der Waals surface area contributed by atoms with Gasteiger partial charge in [0.25, 0.3) is 0 Å². The summed E-state index contributed by atoms with van der Waals surface area (Å²) < 4.78 is 31.3. The molecule has 20 heavy (non-hydrogen) atoms. The van der Waals surface area contributed by atoms with Gasteiger partial charge in [-0.25, -0.2) is 8.78 Å². The molecule has 2 aromatic rings. The standard InChI is InChI=1S/C15H12F2O3/c16-12-5-6-14(13(17)8-12)20-9-11-3-1-10(2-4-11)7-15(18)19/h1-6,8H,7,9H2,(H,18,19). The third-order valence-corrected chi connectivity index (χ3v) is 2.67. The number of carboxylic acids is 1. The summed E-state index contributed by atoms with van der Waals surface area (Å²) in [6.07, 6.45) is -0.0479. The maximum Gasteiger partial charge on any atom is 0.307 e. The van der Waals surface area contributed by atoms with Crippen molar-refractivity contribution in [1.29, 1.82) is 0 Å². The average molecular weight is 278 g/mol. The van der Waals surface area contributed by atoms with Crippen molar-refractivity contribution in [1.82, 2.24) is 0 Å². The molecule has 0 spiro atoms. The maximum absolute atomic E-state index is 13.3. The van der Waals surface area contributed by atoms with E-state index in [1.54, 1.807) is 24.3 Å². The van der Waals surface area contributed by atoms with E-state index in [2.05, 4.69) is 0 Å². The highest BCUT2D eigenvalue weighted by molar-refractivity contribution is 5.70. The molecule has 0 saturated carbocycles. The number of ether oxygens (including phenoxy) is 1. The summed E-state index contributed by atoms with van der Waals surface area (Å²) in [5.74, 6) is -2.34. The van der Waals surface area contributed by atoms with E-state index in [-0.39, 0.29) is 18.8 Å². The number of carbonyl (C=O) groups is 1. The van der Waals surface area contributed by atoms with E-state index < -0.39 is 17.6 Å². The molecule has 0 aliphatic heterocycles. The van der Waals surface area contributed by atoms with Crippen molar-refractivity contribution in [3.05, 3.63) is 65.2 Å². The number of rotatable bonds is 5. The molecule has 0 radical (unpaired) electrons. The first-order valence-electron chi connectivity index (χ1n) is 5.92. The largest absolute Gasteiger partial charge is 0.486 e. The fraction of sp³-hybridized carbons (Fsp3) is 0.133. The Morgan fingerprint density at radius 3 is 2.30 bits per heavy atom. The third kappa shape index (κ3) is 3.78. The van der Waals surface area contributed by atoms with Crippen LogP contribution in [0.5, 0.6) is 5.75 Å². The van der Waals surface area contributed by atoms with Crippen LogP contribution in [-0.2, 0) is 17.8 Å². The molecule has 1 N–H and O–H groups in total. The second-order valence-electron chi connectivity index (χ2n) is 4.25. The molecule has 0 bridgehead atoms. The van der Waals surface area contributed by atoms with Gasteiger partial charge in [0.15, 0.2) is 11.6 Å². The fourth-order valence-corrected chi connectivity index (χ4v) is 1.68. The number of carboxylic acid groups (broad SMARTS) is 1. The summed E-state index contributed by atoms with van der Waals surface area (Å²) >= 11 is 0. The molecule has 0 fully saturated rings. The Kier molecular flexibility index (Phi) is 4.30. The topological polar surface area (TPSA) is 46.5 Å². The van der Waals surface area contributed by atoms with Crippen molar-refractivity contribution in [2.75, 3.05) is 0 Å². The molecule has 3 nitrogen and oxygen atoms in total. The molecule has 2 aromatic carbocycles. The average Bonchev–Trinajstić information content (AvgIpc) is 2.39. The molecular formula is C15H12F2O3. The van der Waals surface area contributed by atoms with Gasteiger partial charge in [0.2, 0.25) is 0 Å². The van der Waals surface area contributed by atoms with Gasteiger partial charge in [-0.2, -0.15) is 0 Å². The van der Waals surface area contributed by atoms with Crippen molar-refractivity contribution in [3.63, 3.8) is 0 Å². The van der Waals surface area contributed by atoms with E-state index in [1.807, 2.05) is 0 Å². The first kappa shape index (κ1) is 14.0. The van der Waals surface area contributed by atoms with Crippen LogP contribution in [0.3, 0.4) is 0 Å². The van der Waals surface area contributed by atoms with Crippen molar-refractivity contribution >= 4 is 5.97 Å². The first-order valence-corrected chi connectivity index (χ1v) is 5.92. The maximum atomic E-state index is 13.3. The fourth-order valence-electron chi connectivity index (χ4n) is 1.68. The zero-order valence-electron chi connectivity index (χ0n) is 10.5. The molecule has 0 aromatic heterocycles. The van der Waals surface area contributed by atoms with Gasteiger partial charge in [0.1, 0.15) is 12.4 Å². The molecule has 5 heteroatoms. The molecule has 104 valence electrons. The van der Waals surface area contributed by atoms with Gasteiger partial charge < -0.3 is 9.84 Å². The van der Waals surface area contributed by atoms with Crippen LogP contribution >= 0.6 is 0 Å². The summed E-state index contributed by atoms with van der Waals surface area (Å²) in [6.45, 7) is 0.121. The zero-order valence-corrected chi connectivity index (χ0v) is 10.5. The molecule has 0 saturated heterocycles. The molecule has 0 aliphatic carbocycles. The van der Waals surface area contributed by atoms with Gasteiger partial charge in [-0.1, -0.05) is 24.3 Å². The second kappa shape index (κ2) is 6.14. The summed E-state index contributed by atoms with van der Waals surface area (Å²) in [5.41, 5.74) is 1.44. The Morgan fingerprint density at radius 2 is 1.70 bits per heavy atom. The summed E-state index contributed by atoms with van der Waals surface area (Å²) in [7, 11) is 0. The number of benzene rings is 2. The highest BCUT2D eigenvalue weighted by Gasteiger charge is 2.05. The lowest BCUT2D eigenvalue weighted by molar-refractivity contribution is -0.136. The highest BCUT2D eigenvalue weighted by Crippen LogP contribution is 2.19. The number of hydrogen-bond donors (Lipinski definition) is 1. The van der Waals surface area contributed by atoms with E-state index in [1.165, 1.54) is 6.07 Å². The predicted molar refractivity (Wildman–Crippen MR) is 68.5 cm³/mol. The van der Waals surface area contributed by atoms with Crippen LogP contribution in [0, 0.1) is 11.6 Å². The molecule has 0 heterocycles. The normalized spacial score (nSPS) is 10.3. The number of hydrogen-bond acceptors (Lipinski definition) is 2. The highest BCUT2D eigenvalue weighted by atomic mass is 19.1. The van der Waals surface area contributed by atoms with Gasteiger partial charge in [-0.3, -0.25) is 4.79 Å². The second-order valence-corrected chi connectivity index (χ2v) is 4.25. The van der Waals surface area contributed by atoms with Crippen molar-refractivity contribution in [2.45, 2.75) is 13.0 Å². The molecule has 0 atom stereocenters. The monoisotopic (exact) mass is 278 g/mol. The first-order chi connectivity index (χ1) is 9.54. The Morgan fingerprint density at radius 1 is 1.05 bits per heavy atom. The number of aliphatic carboxylic acids is 1. The SMILES string of the molecule is O=C(O)Cc1ccc(COc2ccc(F)cc2F)cc1. The van der Waals surface area contributed by atoms with E-state index in [9.17, 15) is 13.6 Å². The molecule has 0 amide bonds. The van der Waals surface area contributed by atoms with E-state index in [0.29, 0.717) is 5.56 Å². The summed E-state index contributed by atoms with van der Waals surface area (Å²) in [5, 5.41) is 8.64. The van der Waals surface area contributed by atoms with Gasteiger partial charge in [0.05, 0.1) is 6.42 Å². The molecule has 0 unspecified atom stereocenters. The predicted octanol–water partition coefficient (Wildman–Crippen LogP) is 3.17. The van der Waals surface area contributed by atoms with Crippen LogP contribution in [0.15, 0.2) is 42.5 Å². The lowest BCUT2D eigenvalue weighted by Gasteiger charge is -2.07. The van der Waals surface area contributed by atoms with Crippen LogP contribution in [-0.4, -0.2) is 11.1 Å². The summed E-state index contributed by atoms with van der Waals surface area (Å²) in [6, 6.07) is 9.87. The van der Waals surface area contributed by atoms with Crippen LogP contribution < -0.4 is 4.74 Å². The van der Waals surface area contributed by atoms with Gasteiger partial charge in [-0.15, -0.1) is 0 Å². The zero-order chi connectivity index (χ0) is 14.5. The van der Waals surface area contributed by atoms with Gasteiger partial charge in [0, 0.05) is 6.07 Å². The number of halogens is 2. The lowest BCUT2D eigenvalue weighted by Crippen LogP contribution is -2.01. The smallest absolute Gasteiger partial charge is 0.307 e. The Labute approximate surface area is 114 Å². The molecular weight excluding hydrogens is 266 g/mol. The minimum Gasteiger partial charge on any atom is -0.486 e. The van der Waals surface area contributed by atoms with E-state index in [0.717, 1.165) is 17.7 Å². The van der Waals surface area contributed by atoms with Crippen LogP contribution in [0.1, 0.15) is 11.1 Å². The molecule has 2 rings (SSSR count). The van der Waals surface area contributed by atoms with Crippen LogP contribution in [0.25, 0.3) is 0 Å². The van der Waals surface area contributed by atoms with Gasteiger partial charge in [-0.05, 0) is 23.3 Å². The third-order valence-electron chi connectivity index (χ3n) is 2.67. The Hall–Kier alpha value is -2.43. The van der Waals surface area contributed by atoms with Crippen molar-refractivity contribution in [2.24, 2.45) is 0 Å². The minimum absolute atomic E-state index is 0.0268. The quantitative estimate of drug-likeness (QED) is 0.913.